The van der Waals surface area contributed by atoms with Crippen molar-refractivity contribution in [3.8, 4) is 56.9 Å². The summed E-state index contributed by atoms with van der Waals surface area (Å²) >= 11 is 0. The zero-order valence-electron chi connectivity index (χ0n) is 73.3. The summed E-state index contributed by atoms with van der Waals surface area (Å²) in [7, 11) is 4.00. The van der Waals surface area contributed by atoms with E-state index in [0.717, 1.165) is 45.0 Å². The Kier molecular flexibility index (Phi) is 30.8. The number of ether oxygens (including phenoxy) is 2. The molecule has 0 bridgehead atoms. The second-order valence-corrected chi connectivity index (χ2v) is 34.8. The van der Waals surface area contributed by atoms with E-state index in [0.29, 0.717) is 34.3 Å². The van der Waals surface area contributed by atoms with Gasteiger partial charge in [-0.15, -0.1) is 58.7 Å². The number of hydrogen-bond acceptors (Lipinski definition) is 11. The molecule has 16 rings (SSSR count). The summed E-state index contributed by atoms with van der Waals surface area (Å²) < 4.78 is 11.8. The first kappa shape index (κ1) is 94.4. The number of ketones is 2. The molecule has 8 aromatic carbocycles. The maximum Gasteiger partial charge on any atom is 0.269 e. The number of fused-ring (bicyclic) bond motifs is 8. The van der Waals surface area contributed by atoms with Crippen LogP contribution in [-0.4, -0.2) is 45.8 Å². The average molecular weight is 1980 g/mol. The first-order chi connectivity index (χ1) is 57.4. The van der Waals surface area contributed by atoms with Gasteiger partial charge in [0.15, 0.2) is 11.6 Å². The molecule has 0 saturated carbocycles. The fraction of sp³-hybridized carbons (Fsp3) is 0.259. The Bertz CT molecular complexity index is 6110. The molecule has 15 heteroatoms. The van der Waals surface area contributed by atoms with E-state index in [1.807, 2.05) is 98.0 Å². The van der Waals surface area contributed by atoms with E-state index >= 15 is 0 Å². The predicted octanol–water partition coefficient (Wildman–Crippen LogP) is 26.8. The third-order valence-corrected chi connectivity index (χ3v) is 22.7. The second-order valence-electron chi connectivity index (χ2n) is 34.8. The number of carbonyl (C=O) groups is 2. The molecule has 2 aromatic heterocycles. The number of aliphatic hydroxyl groups excluding tert-OH is 2. The normalized spacial score (nSPS) is 16.3. The van der Waals surface area contributed by atoms with Crippen molar-refractivity contribution in [3.05, 3.63) is 373 Å². The van der Waals surface area contributed by atoms with Crippen LogP contribution in [0.5, 0.6) is 0 Å². The van der Waals surface area contributed by atoms with Gasteiger partial charge in [0.1, 0.15) is 23.0 Å². The number of anilines is 1. The van der Waals surface area contributed by atoms with Gasteiger partial charge in [0, 0.05) is 83.8 Å². The van der Waals surface area contributed by atoms with E-state index < -0.39 is 0 Å². The van der Waals surface area contributed by atoms with Crippen LogP contribution in [0.15, 0.2) is 288 Å². The Morgan fingerprint density at radius 2 is 1.03 bits per heavy atom. The molecule has 0 fully saturated rings. The molecule has 0 saturated heterocycles. The number of benzene rings is 8. The number of hydrogen-bond donors (Lipinski definition) is 2. The van der Waals surface area contributed by atoms with Crippen molar-refractivity contribution in [2.24, 2.45) is 5.41 Å². The van der Waals surface area contributed by atoms with Crippen molar-refractivity contribution in [2.45, 2.75) is 164 Å². The quantitative estimate of drug-likeness (QED) is 0.0608. The van der Waals surface area contributed by atoms with Gasteiger partial charge < -0.3 is 29.6 Å². The zero-order chi connectivity index (χ0) is 87.5. The number of nitriles is 2. The van der Waals surface area contributed by atoms with Crippen molar-refractivity contribution in [1.82, 2.24) is 9.97 Å². The Morgan fingerprint density at radius 3 is 1.54 bits per heavy atom. The SMILES string of the molecule is CC(=O)C=C(C)O.CC(=O)C=C(C)O.CC1(C)c2ccccc2-c2c[c-]c(-c3ccc4ccccc4n3)cc21.CC1(C)c2ccccc2-c2c[c-]c(-c3nccc4ccccc34)cc21.[C-]#[N+]/C(C#N)=C1C=C(/C=C/c2cc3c4c(c2)C(C)(C)CCC4CCC3(C)C)OC(C(C)(C)C)=C/1.[C-]#[N+]/C(C#N)=C1\C=C(C)OC(/C=C/c2ccc(N(C)C)cc2)=C1.[Ir].[Ir]. The monoisotopic (exact) mass is 1980 g/mol. The van der Waals surface area contributed by atoms with Gasteiger partial charge >= 0.3 is 0 Å². The zero-order valence-corrected chi connectivity index (χ0v) is 78.1. The molecule has 4 heterocycles. The number of rotatable bonds is 9. The molecule has 13 nitrogen and oxygen atoms in total. The number of aliphatic hydroxyl groups is 2. The number of pyridine rings is 2. The Balaban J connectivity index is 0.000000177. The number of para-hydroxylation sites is 1. The van der Waals surface area contributed by atoms with E-state index in [-0.39, 0.29) is 102 Å². The van der Waals surface area contributed by atoms with Crippen LogP contribution in [0, 0.1) is 53.4 Å². The van der Waals surface area contributed by atoms with Crippen LogP contribution in [0.3, 0.4) is 0 Å². The van der Waals surface area contributed by atoms with Crippen molar-refractivity contribution < 1.29 is 69.5 Å². The van der Waals surface area contributed by atoms with Gasteiger partial charge in [-0.3, -0.25) is 14.6 Å². The van der Waals surface area contributed by atoms with E-state index in [2.05, 4.69) is 249 Å². The number of nitrogens with zero attached hydrogens (tertiary/aromatic N) is 7. The molecule has 10 aromatic rings. The molecule has 2 aliphatic heterocycles. The Labute approximate surface area is 753 Å². The van der Waals surface area contributed by atoms with Gasteiger partial charge in [0.05, 0.1) is 42.3 Å². The number of aromatic nitrogens is 2. The number of allylic oxidation sites excluding steroid dienone is 16. The van der Waals surface area contributed by atoms with E-state index in [4.69, 9.17) is 43.1 Å². The van der Waals surface area contributed by atoms with Crippen LogP contribution in [0.2, 0.25) is 0 Å². The maximum atomic E-state index is 10.0. The summed E-state index contributed by atoms with van der Waals surface area (Å²) in [6.45, 7) is 46.9. The fourth-order valence-electron chi connectivity index (χ4n) is 16.3. The summed E-state index contributed by atoms with van der Waals surface area (Å²) in [6, 6.07) is 72.9. The van der Waals surface area contributed by atoms with Crippen LogP contribution in [0.25, 0.3) is 88.3 Å². The molecule has 0 atom stereocenters. The van der Waals surface area contributed by atoms with Crippen molar-refractivity contribution in [1.29, 1.82) is 10.5 Å². The van der Waals surface area contributed by atoms with Crippen LogP contribution >= 0.6 is 0 Å². The molecule has 0 amide bonds. The molecular formula is C108H105Ir2N7O6-2. The topological polar surface area (TPSA) is 178 Å². The molecule has 0 unspecified atom stereocenters. The van der Waals surface area contributed by atoms with Crippen LogP contribution in [0.1, 0.15) is 192 Å². The molecule has 4 aliphatic carbocycles. The molecule has 0 spiro atoms. The first-order valence-corrected chi connectivity index (χ1v) is 40.8. The average Bonchev–Trinajstić information content (AvgIpc) is 1.72. The fourth-order valence-corrected chi connectivity index (χ4v) is 16.3. The van der Waals surface area contributed by atoms with Gasteiger partial charge in [-0.05, 0) is 226 Å². The largest absolute Gasteiger partial charge is 0.512 e. The van der Waals surface area contributed by atoms with Gasteiger partial charge in [0.25, 0.3) is 11.4 Å². The maximum absolute atomic E-state index is 10.0. The Morgan fingerprint density at radius 1 is 0.553 bits per heavy atom. The van der Waals surface area contributed by atoms with Gasteiger partial charge in [-0.1, -0.05) is 238 Å². The predicted molar refractivity (Wildman–Crippen MR) is 492 cm³/mol. The van der Waals surface area contributed by atoms with E-state index in [1.165, 1.54) is 143 Å². The minimum absolute atomic E-state index is 0. The second kappa shape index (κ2) is 40.1. The van der Waals surface area contributed by atoms with Crippen LogP contribution in [0.4, 0.5) is 5.69 Å². The minimum atomic E-state index is -0.236. The standard InChI is InChI=1S/C31H36N2O.2C24H18N.C19H17N3O.2C5H8O2.2Ir/c1-29(2,3)27-18-22(26(19-32)33-8)17-23(34-27)10-9-20-15-24-28-21(11-13-30(24,4)5)12-14-31(6,7)25(28)16-20;1-24(2)20-9-5-4-8-18(20)19-13-11-17(15-21(19)24)23-14-12-16-7-3-6-10-22(16)25-23;1-24(2)21-10-6-5-9-19(21)20-12-11-17(15-22(20)24)23-18-8-4-3-7-16(18)13-14-25-23;1-14-11-16(19(13-20)21-2)12-18(23-14)10-7-15-5-8-17(9-6-15)22(3)4;2*1-4(6)3-5(2)7;;/h9-10,15-18,21H,11-14H2,1-7H3;2*3-10,12-15H,1-2H3;5-12H,1,3-4H3;2*3,6H,1-2H3;;/q;2*-1;;;;;/b10-9+,26-22-;;;10-7+,19-16+;;;;. The van der Waals surface area contributed by atoms with E-state index in [1.54, 1.807) is 30.7 Å². The van der Waals surface area contributed by atoms with Gasteiger partial charge in [-0.2, -0.15) is 0 Å². The van der Waals surface area contributed by atoms with Gasteiger partial charge in [-0.25, -0.2) is 20.2 Å². The molecular weight excluding hydrogens is 1880 g/mol. The smallest absolute Gasteiger partial charge is 0.269 e. The molecule has 628 valence electrons. The Hall–Kier alpha value is -12.4. The third kappa shape index (κ3) is 22.3. The molecule has 123 heavy (non-hydrogen) atoms. The third-order valence-electron chi connectivity index (χ3n) is 22.7. The summed E-state index contributed by atoms with van der Waals surface area (Å²) in [5, 5.41) is 38.7. The van der Waals surface area contributed by atoms with Crippen LogP contribution in [-0.2, 0) is 80.9 Å². The van der Waals surface area contributed by atoms with Crippen molar-refractivity contribution >= 4 is 51.1 Å². The first-order valence-electron chi connectivity index (χ1n) is 40.8. The summed E-state index contributed by atoms with van der Waals surface area (Å²) in [5.41, 5.74) is 25.3. The minimum Gasteiger partial charge on any atom is -0.512 e. The number of carbonyl (C=O) groups excluding carboxylic acids is 2. The van der Waals surface area contributed by atoms with Crippen molar-refractivity contribution in [2.75, 3.05) is 19.0 Å². The molecule has 2 N–H and O–H groups in total. The summed E-state index contributed by atoms with van der Waals surface area (Å²) in [5.74, 6) is 3.24. The molecule has 6 aliphatic rings. The van der Waals surface area contributed by atoms with E-state index in [9.17, 15) is 14.9 Å². The molecule has 2 radical (unpaired) electrons. The van der Waals surface area contributed by atoms with Crippen molar-refractivity contribution in [3.63, 3.8) is 0 Å². The van der Waals surface area contributed by atoms with Crippen LogP contribution < -0.4 is 4.90 Å². The summed E-state index contributed by atoms with van der Waals surface area (Å²) in [4.78, 5) is 38.2. The summed E-state index contributed by atoms with van der Waals surface area (Å²) in [6.07, 6.45) is 24.2. The van der Waals surface area contributed by atoms with Gasteiger partial charge in [0.2, 0.25) is 0 Å².